The van der Waals surface area contributed by atoms with Gasteiger partial charge in [0.2, 0.25) is 0 Å². The molecule has 0 radical (unpaired) electrons. The summed E-state index contributed by atoms with van der Waals surface area (Å²) in [6.45, 7) is 11.7. The molecule has 1 fully saturated rings. The maximum absolute atomic E-state index is 2.63. The fourth-order valence-corrected chi connectivity index (χ4v) is 3.61. The van der Waals surface area contributed by atoms with Crippen LogP contribution in [0.25, 0.3) is 0 Å². The second-order valence-corrected chi connectivity index (χ2v) is 7.40. The lowest BCUT2D eigenvalue weighted by atomic mass is 9.93. The van der Waals surface area contributed by atoms with Gasteiger partial charge < -0.3 is 0 Å². The summed E-state index contributed by atoms with van der Waals surface area (Å²) in [5.74, 6) is 1.46. The van der Waals surface area contributed by atoms with Gasteiger partial charge in [-0.25, -0.2) is 0 Å². The van der Waals surface area contributed by atoms with Crippen molar-refractivity contribution < 1.29 is 0 Å². The number of rotatable bonds is 4. The molecule has 0 amide bonds. The van der Waals surface area contributed by atoms with E-state index in [0.29, 0.717) is 0 Å². The minimum absolute atomic E-state index is 0.729. The molecule has 0 bridgehead atoms. The van der Waals surface area contributed by atoms with Gasteiger partial charge in [-0.05, 0) is 23.0 Å². The molecule has 0 aromatic heterocycles. The van der Waals surface area contributed by atoms with Gasteiger partial charge in [-0.2, -0.15) is 0 Å². The molecule has 2 nitrogen and oxygen atoms in total. The quantitative estimate of drug-likeness (QED) is 0.829. The molecule has 1 heterocycles. The Bertz CT molecular complexity index is 540. The molecule has 0 N–H and O–H groups in total. The van der Waals surface area contributed by atoms with E-state index in [1.165, 1.54) is 24.2 Å². The van der Waals surface area contributed by atoms with E-state index < -0.39 is 0 Å². The molecule has 0 aliphatic carbocycles. The van der Waals surface area contributed by atoms with E-state index in [1.807, 2.05) is 0 Å². The first-order valence-corrected chi connectivity index (χ1v) is 9.23. The predicted octanol–water partition coefficient (Wildman–Crippen LogP) is 4.28. The molecule has 1 aliphatic rings. The van der Waals surface area contributed by atoms with Crippen molar-refractivity contribution >= 4 is 0 Å². The van der Waals surface area contributed by atoms with E-state index >= 15 is 0 Å². The van der Waals surface area contributed by atoms with Crippen LogP contribution in [0.1, 0.15) is 25.0 Å². The molecule has 0 spiro atoms. The Morgan fingerprint density at radius 3 is 1.42 bits per heavy atom. The zero-order valence-electron chi connectivity index (χ0n) is 15.1. The summed E-state index contributed by atoms with van der Waals surface area (Å²) >= 11 is 0. The van der Waals surface area contributed by atoms with E-state index in [2.05, 4.69) is 84.3 Å². The number of benzene rings is 2. The molecule has 2 heteroatoms. The summed E-state index contributed by atoms with van der Waals surface area (Å²) in [5, 5.41) is 0. The van der Waals surface area contributed by atoms with Crippen LogP contribution >= 0.6 is 0 Å². The maximum atomic E-state index is 2.63. The van der Waals surface area contributed by atoms with Gasteiger partial charge in [-0.3, -0.25) is 9.80 Å². The molecule has 0 unspecified atom stereocenters. The van der Waals surface area contributed by atoms with Crippen molar-refractivity contribution in [2.24, 2.45) is 11.8 Å². The Labute approximate surface area is 147 Å². The SMILES string of the molecule is C[C@H]1CN(Cc2ccccc2)CCN(Cc2ccccc2)C[C@@H]1C. The predicted molar refractivity (Wildman–Crippen MR) is 102 cm³/mol. The number of hydrogen-bond acceptors (Lipinski definition) is 2. The van der Waals surface area contributed by atoms with Crippen LogP contribution in [0.4, 0.5) is 0 Å². The second-order valence-electron chi connectivity index (χ2n) is 7.40. The minimum Gasteiger partial charge on any atom is -0.298 e. The second kappa shape index (κ2) is 8.46. The average molecular weight is 322 g/mol. The summed E-state index contributed by atoms with van der Waals surface area (Å²) in [4.78, 5) is 5.27. The Kier molecular flexibility index (Phi) is 6.06. The fraction of sp³-hybridized carbons (Fsp3) is 0.455. The highest BCUT2D eigenvalue weighted by Crippen LogP contribution is 2.20. The van der Waals surface area contributed by atoms with Crippen molar-refractivity contribution in [3.8, 4) is 0 Å². The highest BCUT2D eigenvalue weighted by Gasteiger charge is 2.23. The molecular formula is C22H30N2. The van der Waals surface area contributed by atoms with Crippen LogP contribution in [-0.4, -0.2) is 36.0 Å². The monoisotopic (exact) mass is 322 g/mol. The third kappa shape index (κ3) is 4.93. The Morgan fingerprint density at radius 2 is 1.04 bits per heavy atom. The first-order valence-electron chi connectivity index (χ1n) is 9.23. The lowest BCUT2D eigenvalue weighted by Gasteiger charge is -2.37. The summed E-state index contributed by atoms with van der Waals surface area (Å²) in [6, 6.07) is 21.8. The van der Waals surface area contributed by atoms with Crippen molar-refractivity contribution in [3.63, 3.8) is 0 Å². The zero-order valence-corrected chi connectivity index (χ0v) is 15.1. The van der Waals surface area contributed by atoms with Gasteiger partial charge in [-0.1, -0.05) is 74.5 Å². The van der Waals surface area contributed by atoms with E-state index in [1.54, 1.807) is 0 Å². The van der Waals surface area contributed by atoms with Crippen LogP contribution in [0.5, 0.6) is 0 Å². The molecule has 2 aromatic carbocycles. The van der Waals surface area contributed by atoms with Gasteiger partial charge in [0.1, 0.15) is 0 Å². The van der Waals surface area contributed by atoms with Crippen molar-refractivity contribution in [3.05, 3.63) is 71.8 Å². The standard InChI is InChI=1S/C22H30N2/c1-19-15-23(17-21-9-5-3-6-10-21)13-14-24(16-20(19)2)18-22-11-7-4-8-12-22/h3-12,19-20H,13-18H2,1-2H3/t19-,20-/m0/s1. The van der Waals surface area contributed by atoms with Gasteiger partial charge in [0.15, 0.2) is 0 Å². The molecular weight excluding hydrogens is 292 g/mol. The van der Waals surface area contributed by atoms with E-state index in [0.717, 1.165) is 38.0 Å². The van der Waals surface area contributed by atoms with Crippen molar-refractivity contribution in [2.75, 3.05) is 26.2 Å². The molecule has 0 saturated carbocycles. The Morgan fingerprint density at radius 1 is 0.667 bits per heavy atom. The smallest absolute Gasteiger partial charge is 0.0234 e. The lowest BCUT2D eigenvalue weighted by molar-refractivity contribution is 0.104. The first-order chi connectivity index (χ1) is 11.7. The highest BCUT2D eigenvalue weighted by atomic mass is 15.2. The van der Waals surface area contributed by atoms with Crippen molar-refractivity contribution in [1.29, 1.82) is 0 Å². The third-order valence-electron chi connectivity index (χ3n) is 5.29. The van der Waals surface area contributed by atoms with Gasteiger partial charge in [0.05, 0.1) is 0 Å². The van der Waals surface area contributed by atoms with Gasteiger partial charge in [0, 0.05) is 39.3 Å². The number of hydrogen-bond donors (Lipinski definition) is 0. The number of nitrogens with zero attached hydrogens (tertiary/aromatic N) is 2. The maximum Gasteiger partial charge on any atom is 0.0234 e. The fourth-order valence-electron chi connectivity index (χ4n) is 3.61. The van der Waals surface area contributed by atoms with Crippen LogP contribution in [0.3, 0.4) is 0 Å². The molecule has 3 rings (SSSR count). The summed E-state index contributed by atoms with van der Waals surface area (Å²) in [7, 11) is 0. The van der Waals surface area contributed by atoms with Crippen molar-refractivity contribution in [1.82, 2.24) is 9.80 Å². The molecule has 1 saturated heterocycles. The van der Waals surface area contributed by atoms with Crippen LogP contribution in [0.2, 0.25) is 0 Å². The summed E-state index contributed by atoms with van der Waals surface area (Å²) in [5.41, 5.74) is 2.85. The highest BCUT2D eigenvalue weighted by molar-refractivity contribution is 5.15. The molecule has 128 valence electrons. The molecule has 2 atom stereocenters. The minimum atomic E-state index is 0.729. The van der Waals surface area contributed by atoms with Crippen LogP contribution in [0.15, 0.2) is 60.7 Å². The van der Waals surface area contributed by atoms with Crippen LogP contribution in [-0.2, 0) is 13.1 Å². The summed E-state index contributed by atoms with van der Waals surface area (Å²) in [6.07, 6.45) is 0. The first kappa shape index (κ1) is 17.2. The van der Waals surface area contributed by atoms with Gasteiger partial charge in [0.25, 0.3) is 0 Å². The Hall–Kier alpha value is -1.64. The van der Waals surface area contributed by atoms with E-state index in [-0.39, 0.29) is 0 Å². The zero-order chi connectivity index (χ0) is 16.8. The van der Waals surface area contributed by atoms with Crippen LogP contribution in [0, 0.1) is 11.8 Å². The molecule has 24 heavy (non-hydrogen) atoms. The largest absolute Gasteiger partial charge is 0.298 e. The molecule has 1 aliphatic heterocycles. The summed E-state index contributed by atoms with van der Waals surface area (Å²) < 4.78 is 0. The normalized spacial score (nSPS) is 23.6. The van der Waals surface area contributed by atoms with Crippen molar-refractivity contribution in [2.45, 2.75) is 26.9 Å². The van der Waals surface area contributed by atoms with Gasteiger partial charge in [-0.15, -0.1) is 0 Å². The van der Waals surface area contributed by atoms with E-state index in [9.17, 15) is 0 Å². The third-order valence-corrected chi connectivity index (χ3v) is 5.29. The van der Waals surface area contributed by atoms with Gasteiger partial charge >= 0.3 is 0 Å². The molecule has 2 aromatic rings. The van der Waals surface area contributed by atoms with Crippen LogP contribution < -0.4 is 0 Å². The lowest BCUT2D eigenvalue weighted by Crippen LogP contribution is -2.44. The average Bonchev–Trinajstić information content (AvgIpc) is 2.60. The Balaban J connectivity index is 1.65. The topological polar surface area (TPSA) is 6.48 Å². The van der Waals surface area contributed by atoms with E-state index in [4.69, 9.17) is 0 Å².